The second kappa shape index (κ2) is 3.65. The highest BCUT2D eigenvalue weighted by Crippen LogP contribution is 2.20. The molecule has 0 amide bonds. The molecule has 2 nitrogen and oxygen atoms in total. The van der Waals surface area contributed by atoms with Gasteiger partial charge in [0.15, 0.2) is 17.1 Å². The molecule has 2 aromatic rings. The van der Waals surface area contributed by atoms with Gasteiger partial charge in [-0.15, -0.1) is 0 Å². The molecule has 2 rings (SSSR count). The molecule has 0 saturated carbocycles. The Hall–Kier alpha value is -1.97. The molecule has 0 bridgehead atoms. The first-order valence-corrected chi connectivity index (χ1v) is 4.31. The minimum absolute atomic E-state index is 0.0307. The van der Waals surface area contributed by atoms with E-state index < -0.39 is 11.6 Å². The number of halogens is 2. The monoisotopic (exact) mass is 207 g/mol. The number of aromatic nitrogens is 1. The van der Waals surface area contributed by atoms with Gasteiger partial charge in [0.2, 0.25) is 0 Å². The Labute approximate surface area is 84.2 Å². The first kappa shape index (κ1) is 9.58. The average Bonchev–Trinajstić information content (AvgIpc) is 2.23. The van der Waals surface area contributed by atoms with Gasteiger partial charge in [0.05, 0.1) is 0 Å². The molecule has 0 aliphatic heterocycles. The van der Waals surface area contributed by atoms with Crippen molar-refractivity contribution < 1.29 is 8.78 Å². The second-order valence-corrected chi connectivity index (χ2v) is 3.02. The quantitative estimate of drug-likeness (QED) is 0.764. The molecule has 0 unspecified atom stereocenters. The molecular formula is C11H7F2NO. The highest BCUT2D eigenvalue weighted by Gasteiger charge is 2.11. The van der Waals surface area contributed by atoms with Gasteiger partial charge in [-0.2, -0.15) is 0 Å². The highest BCUT2D eigenvalue weighted by molar-refractivity contribution is 5.62. The van der Waals surface area contributed by atoms with E-state index in [-0.39, 0.29) is 16.6 Å². The third-order valence-corrected chi connectivity index (χ3v) is 2.07. The van der Waals surface area contributed by atoms with Gasteiger partial charge in [0.1, 0.15) is 0 Å². The Balaban J connectivity index is 2.70. The molecule has 0 atom stereocenters. The summed E-state index contributed by atoms with van der Waals surface area (Å²) in [6.45, 7) is 0. The van der Waals surface area contributed by atoms with Crippen LogP contribution in [0.15, 0.2) is 41.5 Å². The number of nitrogens with one attached hydrogen (secondary N) is 1. The van der Waals surface area contributed by atoms with Crippen molar-refractivity contribution in [1.82, 2.24) is 4.98 Å². The summed E-state index contributed by atoms with van der Waals surface area (Å²) < 4.78 is 26.2. The van der Waals surface area contributed by atoms with Gasteiger partial charge in [-0.25, -0.2) is 8.78 Å². The van der Waals surface area contributed by atoms with Crippen molar-refractivity contribution in [3.63, 3.8) is 0 Å². The third kappa shape index (κ3) is 1.66. The van der Waals surface area contributed by atoms with Crippen molar-refractivity contribution in [2.24, 2.45) is 0 Å². The zero-order chi connectivity index (χ0) is 10.8. The van der Waals surface area contributed by atoms with Crippen LogP contribution in [-0.2, 0) is 0 Å². The van der Waals surface area contributed by atoms with Gasteiger partial charge in [0, 0.05) is 29.6 Å². The maximum Gasteiger partial charge on any atom is 0.189 e. The Morgan fingerprint density at radius 2 is 1.87 bits per heavy atom. The molecule has 1 N–H and O–H groups in total. The zero-order valence-electron chi connectivity index (χ0n) is 7.63. The van der Waals surface area contributed by atoms with Crippen LogP contribution in [0.1, 0.15) is 0 Å². The van der Waals surface area contributed by atoms with Crippen molar-refractivity contribution in [3.8, 4) is 11.1 Å². The van der Waals surface area contributed by atoms with Crippen LogP contribution in [0.3, 0.4) is 0 Å². The average molecular weight is 207 g/mol. The Morgan fingerprint density at radius 1 is 1.07 bits per heavy atom. The molecule has 15 heavy (non-hydrogen) atoms. The van der Waals surface area contributed by atoms with Gasteiger partial charge in [-0.1, -0.05) is 12.1 Å². The standard InChI is InChI=1S/C11H7F2NO/c12-9-3-1-2-7(11(9)13)8-6-14-5-4-10(8)15/h1-6H,(H,14,15). The fourth-order valence-corrected chi connectivity index (χ4v) is 1.34. The van der Waals surface area contributed by atoms with E-state index in [9.17, 15) is 13.6 Å². The third-order valence-electron chi connectivity index (χ3n) is 2.07. The fraction of sp³-hybridized carbons (Fsp3) is 0. The maximum absolute atomic E-state index is 13.3. The van der Waals surface area contributed by atoms with E-state index in [0.29, 0.717) is 0 Å². The van der Waals surface area contributed by atoms with Gasteiger partial charge in [-0.05, 0) is 6.07 Å². The summed E-state index contributed by atoms with van der Waals surface area (Å²) in [6, 6.07) is 5.00. The van der Waals surface area contributed by atoms with E-state index >= 15 is 0 Å². The van der Waals surface area contributed by atoms with Gasteiger partial charge >= 0.3 is 0 Å². The molecule has 0 aliphatic carbocycles. The molecule has 0 aliphatic rings. The summed E-state index contributed by atoms with van der Waals surface area (Å²) >= 11 is 0. The van der Waals surface area contributed by atoms with Crippen LogP contribution in [0.2, 0.25) is 0 Å². The molecule has 4 heteroatoms. The van der Waals surface area contributed by atoms with Crippen LogP contribution >= 0.6 is 0 Å². The van der Waals surface area contributed by atoms with Crippen molar-refractivity contribution in [1.29, 1.82) is 0 Å². The molecule has 1 aromatic carbocycles. The van der Waals surface area contributed by atoms with Crippen LogP contribution in [0.25, 0.3) is 11.1 Å². The van der Waals surface area contributed by atoms with Crippen LogP contribution in [-0.4, -0.2) is 4.98 Å². The van der Waals surface area contributed by atoms with Crippen LogP contribution in [0.5, 0.6) is 0 Å². The summed E-state index contributed by atoms with van der Waals surface area (Å²) in [5.74, 6) is -1.97. The lowest BCUT2D eigenvalue weighted by molar-refractivity contribution is 0.511. The van der Waals surface area contributed by atoms with Gasteiger partial charge < -0.3 is 4.98 Å². The first-order chi connectivity index (χ1) is 7.20. The second-order valence-electron chi connectivity index (χ2n) is 3.02. The molecule has 0 radical (unpaired) electrons. The van der Waals surface area contributed by atoms with Crippen LogP contribution in [0.4, 0.5) is 8.78 Å². The Bertz CT molecular complexity index is 548. The van der Waals surface area contributed by atoms with Crippen molar-refractivity contribution in [3.05, 3.63) is 58.5 Å². The number of benzene rings is 1. The molecule has 0 saturated heterocycles. The van der Waals surface area contributed by atoms with E-state index in [4.69, 9.17) is 0 Å². The summed E-state index contributed by atoms with van der Waals surface area (Å²) in [6.07, 6.45) is 2.78. The smallest absolute Gasteiger partial charge is 0.189 e. The molecule has 76 valence electrons. The normalized spacial score (nSPS) is 10.3. The van der Waals surface area contributed by atoms with E-state index in [1.807, 2.05) is 0 Å². The molecular weight excluding hydrogens is 200 g/mol. The van der Waals surface area contributed by atoms with E-state index in [1.165, 1.54) is 30.6 Å². The van der Waals surface area contributed by atoms with E-state index in [0.717, 1.165) is 6.07 Å². The predicted octanol–water partition coefficient (Wildman–Crippen LogP) is 2.32. The molecule has 1 aromatic heterocycles. The first-order valence-electron chi connectivity index (χ1n) is 4.31. The van der Waals surface area contributed by atoms with Crippen LogP contribution < -0.4 is 5.43 Å². The topological polar surface area (TPSA) is 32.9 Å². The van der Waals surface area contributed by atoms with E-state index in [1.54, 1.807) is 0 Å². The minimum Gasteiger partial charge on any atom is -0.367 e. The minimum atomic E-state index is -1.01. The fourth-order valence-electron chi connectivity index (χ4n) is 1.34. The van der Waals surface area contributed by atoms with E-state index in [2.05, 4.69) is 4.98 Å². The maximum atomic E-state index is 13.3. The number of rotatable bonds is 1. The SMILES string of the molecule is O=c1cc[nH]cc1-c1cccc(F)c1F. The number of aromatic amines is 1. The molecule has 0 spiro atoms. The zero-order valence-corrected chi connectivity index (χ0v) is 7.63. The summed E-state index contributed by atoms with van der Waals surface area (Å²) in [5, 5.41) is 0. The summed E-state index contributed by atoms with van der Waals surface area (Å²) in [7, 11) is 0. The lowest BCUT2D eigenvalue weighted by atomic mass is 10.1. The lowest BCUT2D eigenvalue weighted by Gasteiger charge is -2.02. The van der Waals surface area contributed by atoms with Gasteiger partial charge in [0.25, 0.3) is 0 Å². The van der Waals surface area contributed by atoms with Crippen molar-refractivity contribution in [2.45, 2.75) is 0 Å². The van der Waals surface area contributed by atoms with Crippen LogP contribution in [0, 0.1) is 11.6 Å². The highest BCUT2D eigenvalue weighted by atomic mass is 19.2. The molecule has 1 heterocycles. The number of pyridine rings is 1. The Kier molecular flexibility index (Phi) is 2.33. The number of H-pyrrole nitrogens is 1. The lowest BCUT2D eigenvalue weighted by Crippen LogP contribution is -2.04. The largest absolute Gasteiger partial charge is 0.367 e. The van der Waals surface area contributed by atoms with Crippen molar-refractivity contribution >= 4 is 0 Å². The Morgan fingerprint density at radius 3 is 2.60 bits per heavy atom. The summed E-state index contributed by atoms with van der Waals surface area (Å²) in [4.78, 5) is 14.0. The predicted molar refractivity (Wildman–Crippen MR) is 52.4 cm³/mol. The summed E-state index contributed by atoms with van der Waals surface area (Å²) in [5.41, 5.74) is -0.260. The number of hydrogen-bond donors (Lipinski definition) is 1. The molecule has 0 fully saturated rings. The number of hydrogen-bond acceptors (Lipinski definition) is 1. The van der Waals surface area contributed by atoms with Gasteiger partial charge in [-0.3, -0.25) is 4.79 Å². The van der Waals surface area contributed by atoms with Crippen molar-refractivity contribution in [2.75, 3.05) is 0 Å².